The maximum atomic E-state index is 11.7. The average molecular weight is 347 g/mol. The normalized spacial score (nSPS) is 10.8. The van der Waals surface area contributed by atoms with Gasteiger partial charge >= 0.3 is 0 Å². The molecule has 0 unspecified atom stereocenters. The van der Waals surface area contributed by atoms with E-state index in [0.717, 1.165) is 15.6 Å². The van der Waals surface area contributed by atoms with Gasteiger partial charge in [-0.2, -0.15) is 5.10 Å². The number of aromatic hydroxyl groups is 1. The lowest BCUT2D eigenvalue weighted by atomic mass is 10.1. The first kappa shape index (κ1) is 15.3. The Hall–Kier alpha value is -2.14. The third kappa shape index (κ3) is 4.43. The predicted octanol–water partition coefficient (Wildman–Crippen LogP) is 3.16. The predicted molar refractivity (Wildman–Crippen MR) is 86.4 cm³/mol. The molecule has 0 saturated heterocycles. The zero-order valence-corrected chi connectivity index (χ0v) is 13.1. The number of phenolic OH excluding ortho intramolecular Hbond substituents is 1. The Labute approximate surface area is 131 Å². The number of carbonyl (C=O) groups excluding carboxylic acids is 1. The van der Waals surface area contributed by atoms with Gasteiger partial charge in [-0.1, -0.05) is 40.2 Å². The number of hydrazone groups is 1. The first-order valence-electron chi connectivity index (χ1n) is 6.41. The third-order valence-corrected chi connectivity index (χ3v) is 3.47. The van der Waals surface area contributed by atoms with Gasteiger partial charge in [-0.3, -0.25) is 4.79 Å². The quantitative estimate of drug-likeness (QED) is 0.659. The van der Waals surface area contributed by atoms with Crippen molar-refractivity contribution in [1.82, 2.24) is 5.43 Å². The van der Waals surface area contributed by atoms with Crippen LogP contribution in [0.25, 0.3) is 0 Å². The van der Waals surface area contributed by atoms with Crippen LogP contribution in [0.4, 0.5) is 0 Å². The van der Waals surface area contributed by atoms with E-state index in [-0.39, 0.29) is 18.1 Å². The average Bonchev–Trinajstić information content (AvgIpc) is 2.46. The molecular weight excluding hydrogens is 332 g/mol. The van der Waals surface area contributed by atoms with Crippen molar-refractivity contribution < 1.29 is 9.90 Å². The molecule has 0 atom stereocenters. The summed E-state index contributed by atoms with van der Waals surface area (Å²) in [5.74, 6) is -0.0378. The van der Waals surface area contributed by atoms with Gasteiger partial charge < -0.3 is 5.11 Å². The maximum absolute atomic E-state index is 11.7. The molecule has 5 heteroatoms. The molecule has 0 bridgehead atoms. The molecule has 0 aliphatic rings. The van der Waals surface area contributed by atoms with Crippen LogP contribution in [0.2, 0.25) is 0 Å². The van der Waals surface area contributed by atoms with Gasteiger partial charge in [0.05, 0.1) is 12.6 Å². The molecule has 0 spiro atoms. The molecule has 2 N–H and O–H groups in total. The number of carbonyl (C=O) groups is 1. The summed E-state index contributed by atoms with van der Waals surface area (Å²) in [6.07, 6.45) is 1.69. The molecule has 21 heavy (non-hydrogen) atoms. The van der Waals surface area contributed by atoms with Crippen LogP contribution in [0, 0.1) is 6.92 Å². The second-order valence-corrected chi connectivity index (χ2v) is 5.52. The highest BCUT2D eigenvalue weighted by Crippen LogP contribution is 2.19. The minimum atomic E-state index is -0.208. The van der Waals surface area contributed by atoms with Crippen molar-refractivity contribution in [2.45, 2.75) is 13.3 Å². The second kappa shape index (κ2) is 7.04. The van der Waals surface area contributed by atoms with Crippen LogP contribution in [-0.4, -0.2) is 17.2 Å². The number of halogens is 1. The summed E-state index contributed by atoms with van der Waals surface area (Å²) in [6, 6.07) is 12.9. The fourth-order valence-electron chi connectivity index (χ4n) is 1.79. The lowest BCUT2D eigenvalue weighted by molar-refractivity contribution is -0.120. The van der Waals surface area contributed by atoms with Crippen molar-refractivity contribution in [3.63, 3.8) is 0 Å². The number of hydrogen-bond donors (Lipinski definition) is 2. The van der Waals surface area contributed by atoms with E-state index in [1.165, 1.54) is 6.21 Å². The van der Waals surface area contributed by atoms with Crippen LogP contribution in [0.3, 0.4) is 0 Å². The summed E-state index contributed by atoms with van der Waals surface area (Å²) in [5.41, 5.74) is 4.69. The summed E-state index contributed by atoms with van der Waals surface area (Å²) >= 11 is 3.34. The molecule has 0 aliphatic carbocycles. The van der Waals surface area contributed by atoms with Crippen molar-refractivity contribution >= 4 is 28.1 Å². The summed E-state index contributed by atoms with van der Waals surface area (Å²) in [5, 5.41) is 13.7. The van der Waals surface area contributed by atoms with E-state index in [0.29, 0.717) is 5.56 Å². The molecule has 0 saturated carbocycles. The van der Waals surface area contributed by atoms with Gasteiger partial charge in [0.15, 0.2) is 0 Å². The number of para-hydroxylation sites is 1. The molecule has 0 fully saturated rings. The molecule has 0 radical (unpaired) electrons. The molecule has 0 aliphatic heterocycles. The van der Waals surface area contributed by atoms with Crippen molar-refractivity contribution in [2.24, 2.45) is 5.10 Å². The van der Waals surface area contributed by atoms with Crippen LogP contribution in [0.1, 0.15) is 16.7 Å². The van der Waals surface area contributed by atoms with E-state index in [4.69, 9.17) is 0 Å². The molecular formula is C16H15BrN2O2. The van der Waals surface area contributed by atoms with Crippen LogP contribution in [-0.2, 0) is 11.2 Å². The highest BCUT2D eigenvalue weighted by molar-refractivity contribution is 9.10. The Morgan fingerprint density at radius 3 is 2.71 bits per heavy atom. The first-order chi connectivity index (χ1) is 10.1. The Morgan fingerprint density at radius 1 is 1.29 bits per heavy atom. The van der Waals surface area contributed by atoms with Crippen molar-refractivity contribution in [1.29, 1.82) is 0 Å². The topological polar surface area (TPSA) is 61.7 Å². The van der Waals surface area contributed by atoms with Crippen LogP contribution < -0.4 is 5.43 Å². The molecule has 1 amide bonds. The highest BCUT2D eigenvalue weighted by Gasteiger charge is 2.03. The monoisotopic (exact) mass is 346 g/mol. The summed E-state index contributed by atoms with van der Waals surface area (Å²) in [7, 11) is 0. The van der Waals surface area contributed by atoms with E-state index >= 15 is 0 Å². The molecule has 2 rings (SSSR count). The number of aryl methyl sites for hydroxylation is 1. The van der Waals surface area contributed by atoms with Gasteiger partial charge in [-0.15, -0.1) is 0 Å². The standard InChI is InChI=1S/C16H15BrN2O2/c1-11-3-2-4-13(16(11)21)10-18-19-15(20)9-12-5-7-14(17)8-6-12/h2-8,10,21H,9H2,1H3,(H,19,20)/b18-10-. The Morgan fingerprint density at radius 2 is 2.00 bits per heavy atom. The number of amides is 1. The van der Waals surface area contributed by atoms with Gasteiger partial charge in [-0.05, 0) is 36.2 Å². The molecule has 108 valence electrons. The Balaban J connectivity index is 1.93. The van der Waals surface area contributed by atoms with E-state index in [1.54, 1.807) is 19.1 Å². The maximum Gasteiger partial charge on any atom is 0.244 e. The fraction of sp³-hybridized carbons (Fsp3) is 0.125. The largest absolute Gasteiger partial charge is 0.507 e. The van der Waals surface area contributed by atoms with E-state index in [1.807, 2.05) is 30.3 Å². The molecule has 2 aromatic carbocycles. The van der Waals surface area contributed by atoms with Crippen molar-refractivity contribution in [3.05, 3.63) is 63.6 Å². The van der Waals surface area contributed by atoms with E-state index in [9.17, 15) is 9.90 Å². The number of benzene rings is 2. The second-order valence-electron chi connectivity index (χ2n) is 4.61. The van der Waals surface area contributed by atoms with Crippen LogP contribution in [0.15, 0.2) is 52.0 Å². The van der Waals surface area contributed by atoms with Gasteiger partial charge in [0, 0.05) is 10.0 Å². The Bertz CT molecular complexity index is 666. The number of rotatable bonds is 4. The van der Waals surface area contributed by atoms with Crippen LogP contribution in [0.5, 0.6) is 5.75 Å². The number of phenols is 1. The number of nitrogens with zero attached hydrogens (tertiary/aromatic N) is 1. The highest BCUT2D eigenvalue weighted by atomic mass is 79.9. The van der Waals surface area contributed by atoms with Crippen molar-refractivity contribution in [3.8, 4) is 5.75 Å². The molecule has 2 aromatic rings. The molecule has 0 heterocycles. The summed E-state index contributed by atoms with van der Waals surface area (Å²) in [4.78, 5) is 11.7. The number of nitrogens with one attached hydrogen (secondary N) is 1. The van der Waals surface area contributed by atoms with Gasteiger partial charge in [-0.25, -0.2) is 5.43 Å². The first-order valence-corrected chi connectivity index (χ1v) is 7.20. The zero-order valence-electron chi connectivity index (χ0n) is 11.5. The Kier molecular flexibility index (Phi) is 5.11. The summed E-state index contributed by atoms with van der Waals surface area (Å²) in [6.45, 7) is 1.80. The fourth-order valence-corrected chi connectivity index (χ4v) is 2.05. The smallest absolute Gasteiger partial charge is 0.244 e. The molecule has 0 aromatic heterocycles. The van der Waals surface area contributed by atoms with E-state index in [2.05, 4.69) is 26.5 Å². The van der Waals surface area contributed by atoms with E-state index < -0.39 is 0 Å². The van der Waals surface area contributed by atoms with Gasteiger partial charge in [0.2, 0.25) is 5.91 Å². The van der Waals surface area contributed by atoms with Gasteiger partial charge in [0.1, 0.15) is 5.75 Å². The number of hydrogen-bond acceptors (Lipinski definition) is 3. The molecule has 4 nitrogen and oxygen atoms in total. The van der Waals surface area contributed by atoms with Crippen molar-refractivity contribution in [2.75, 3.05) is 0 Å². The lowest BCUT2D eigenvalue weighted by Crippen LogP contribution is -2.19. The minimum absolute atomic E-state index is 0.170. The SMILES string of the molecule is Cc1cccc(/C=N\NC(=O)Cc2ccc(Br)cc2)c1O. The van der Waals surface area contributed by atoms with Gasteiger partial charge in [0.25, 0.3) is 0 Å². The zero-order chi connectivity index (χ0) is 15.2. The lowest BCUT2D eigenvalue weighted by Gasteiger charge is -2.03. The van der Waals surface area contributed by atoms with Crippen LogP contribution >= 0.6 is 15.9 Å². The summed E-state index contributed by atoms with van der Waals surface area (Å²) < 4.78 is 0.972. The third-order valence-electron chi connectivity index (χ3n) is 2.94. The minimum Gasteiger partial charge on any atom is -0.507 e.